The molecule has 1 saturated carbocycles. The molecule has 0 saturated heterocycles. The monoisotopic (exact) mass is 627 g/mol. The van der Waals surface area contributed by atoms with E-state index in [1.54, 1.807) is 5.32 Å². The molecule has 38 heavy (non-hydrogen) atoms. The summed E-state index contributed by atoms with van der Waals surface area (Å²) >= 11 is 8.83. The Balaban J connectivity index is 1.77. The largest absolute Gasteiger partial charge is 0.405 e. The fraction of sp³-hybridized carbons (Fsp3) is 0.304. The lowest BCUT2D eigenvalue weighted by Gasteiger charge is -2.18. The number of nitro benzene ring substituents is 1. The van der Waals surface area contributed by atoms with Crippen molar-refractivity contribution < 1.29 is 40.9 Å². The normalized spacial score (nSPS) is 15.7. The second-order valence-corrected chi connectivity index (χ2v) is 9.68. The fourth-order valence-corrected chi connectivity index (χ4v) is 4.23. The summed E-state index contributed by atoms with van der Waals surface area (Å²) in [6.45, 7) is -1.55. The molecule has 2 amide bonds. The van der Waals surface area contributed by atoms with E-state index in [1.165, 1.54) is 18.2 Å². The molecule has 1 unspecified atom stereocenters. The molecule has 3 rings (SSSR count). The SMILES string of the molecule is O=C(NC1(C(=O)NCC(F)(F)F)CC1)c1ccc(/C=C/C(c2ccc(Cl)c([N+](=O)[O-])c2)C(F)(F)F)cc1Br. The third kappa shape index (κ3) is 7.25. The van der Waals surface area contributed by atoms with Crippen molar-refractivity contribution in [3.05, 3.63) is 78.8 Å². The highest BCUT2D eigenvalue weighted by molar-refractivity contribution is 9.10. The van der Waals surface area contributed by atoms with Gasteiger partial charge in [0.15, 0.2) is 0 Å². The quantitative estimate of drug-likeness (QED) is 0.203. The number of nitrogens with zero attached hydrogens (tertiary/aromatic N) is 1. The number of rotatable bonds is 8. The molecule has 1 atom stereocenters. The Morgan fingerprint density at radius 3 is 2.32 bits per heavy atom. The molecule has 2 aromatic carbocycles. The highest BCUT2D eigenvalue weighted by Crippen LogP contribution is 2.39. The van der Waals surface area contributed by atoms with Crippen molar-refractivity contribution in [3.8, 4) is 0 Å². The lowest BCUT2D eigenvalue weighted by molar-refractivity contribution is -0.384. The maximum absolute atomic E-state index is 13.7. The van der Waals surface area contributed by atoms with Gasteiger partial charge in [0.1, 0.15) is 17.1 Å². The van der Waals surface area contributed by atoms with Gasteiger partial charge in [-0.05, 0) is 58.1 Å². The van der Waals surface area contributed by atoms with Crippen molar-refractivity contribution in [2.75, 3.05) is 6.54 Å². The Morgan fingerprint density at radius 1 is 1.13 bits per heavy atom. The fourth-order valence-electron chi connectivity index (χ4n) is 3.47. The van der Waals surface area contributed by atoms with Crippen molar-refractivity contribution >= 4 is 51.1 Å². The molecule has 0 radical (unpaired) electrons. The third-order valence-electron chi connectivity index (χ3n) is 5.58. The number of carbonyl (C=O) groups is 2. The summed E-state index contributed by atoms with van der Waals surface area (Å²) < 4.78 is 78.5. The first-order chi connectivity index (χ1) is 17.5. The molecule has 0 aliphatic heterocycles. The van der Waals surface area contributed by atoms with Gasteiger partial charge < -0.3 is 10.6 Å². The molecule has 1 aliphatic carbocycles. The first-order valence-electron chi connectivity index (χ1n) is 10.7. The van der Waals surface area contributed by atoms with Crippen molar-refractivity contribution in [2.45, 2.75) is 36.7 Å². The van der Waals surface area contributed by atoms with Gasteiger partial charge in [0, 0.05) is 10.5 Å². The maximum atomic E-state index is 13.7. The molecule has 2 aromatic rings. The zero-order valence-corrected chi connectivity index (χ0v) is 21.3. The lowest BCUT2D eigenvalue weighted by Crippen LogP contribution is -2.50. The highest BCUT2D eigenvalue weighted by atomic mass is 79.9. The van der Waals surface area contributed by atoms with Gasteiger partial charge in [-0.3, -0.25) is 19.7 Å². The Hall–Kier alpha value is -3.13. The van der Waals surface area contributed by atoms with Crippen molar-refractivity contribution in [1.82, 2.24) is 10.6 Å². The molecule has 15 heteroatoms. The summed E-state index contributed by atoms with van der Waals surface area (Å²) in [5, 5.41) is 14.9. The Morgan fingerprint density at radius 2 is 1.79 bits per heavy atom. The van der Waals surface area contributed by atoms with Gasteiger partial charge >= 0.3 is 12.4 Å². The minimum atomic E-state index is -4.79. The van der Waals surface area contributed by atoms with Crippen LogP contribution in [0.2, 0.25) is 5.02 Å². The smallest absolute Gasteiger partial charge is 0.345 e. The van der Waals surface area contributed by atoms with Gasteiger partial charge in [-0.2, -0.15) is 26.3 Å². The molecule has 2 N–H and O–H groups in total. The lowest BCUT2D eigenvalue weighted by atomic mass is 9.96. The Kier molecular flexibility index (Phi) is 8.46. The Labute approximate surface area is 224 Å². The summed E-state index contributed by atoms with van der Waals surface area (Å²) in [4.78, 5) is 35.0. The second kappa shape index (κ2) is 10.9. The van der Waals surface area contributed by atoms with E-state index in [-0.39, 0.29) is 33.5 Å². The van der Waals surface area contributed by atoms with Gasteiger partial charge in [0.05, 0.1) is 16.4 Å². The summed E-state index contributed by atoms with van der Waals surface area (Å²) in [5.41, 5.74) is -2.32. The topological polar surface area (TPSA) is 101 Å². The van der Waals surface area contributed by atoms with Crippen molar-refractivity contribution in [1.29, 1.82) is 0 Å². The number of carbonyl (C=O) groups excluding carboxylic acids is 2. The van der Waals surface area contributed by atoms with Gasteiger partial charge in [0.2, 0.25) is 5.91 Å². The third-order valence-corrected chi connectivity index (χ3v) is 6.56. The summed E-state index contributed by atoms with van der Waals surface area (Å²) in [7, 11) is 0. The van der Waals surface area contributed by atoms with E-state index in [4.69, 9.17) is 11.6 Å². The van der Waals surface area contributed by atoms with Crippen LogP contribution in [0.25, 0.3) is 6.08 Å². The first-order valence-corrected chi connectivity index (χ1v) is 11.9. The molecule has 7 nitrogen and oxygen atoms in total. The van der Waals surface area contributed by atoms with Crippen LogP contribution in [0, 0.1) is 10.1 Å². The number of halogens is 8. The number of alkyl halides is 6. The van der Waals surface area contributed by atoms with Crippen LogP contribution in [0.15, 0.2) is 46.9 Å². The number of benzene rings is 2. The first kappa shape index (κ1) is 29.4. The van der Waals surface area contributed by atoms with Crippen LogP contribution >= 0.6 is 27.5 Å². The minimum Gasteiger partial charge on any atom is -0.345 e. The van der Waals surface area contributed by atoms with E-state index in [9.17, 15) is 46.0 Å². The van der Waals surface area contributed by atoms with Crippen LogP contribution in [-0.4, -0.2) is 41.2 Å². The van der Waals surface area contributed by atoms with Crippen LogP contribution < -0.4 is 10.6 Å². The number of nitro groups is 1. The molecular formula is C23H17BrClF6N3O4. The van der Waals surface area contributed by atoms with E-state index in [1.807, 2.05) is 0 Å². The van der Waals surface area contributed by atoms with E-state index in [2.05, 4.69) is 21.2 Å². The summed E-state index contributed by atoms with van der Waals surface area (Å²) in [5.74, 6) is -3.95. The van der Waals surface area contributed by atoms with Crippen LogP contribution in [0.4, 0.5) is 32.0 Å². The molecule has 0 bridgehead atoms. The highest BCUT2D eigenvalue weighted by Gasteiger charge is 2.52. The van der Waals surface area contributed by atoms with E-state index < -0.39 is 58.3 Å². The molecular weight excluding hydrogens is 612 g/mol. The zero-order valence-electron chi connectivity index (χ0n) is 18.9. The predicted octanol–water partition coefficient (Wildman–Crippen LogP) is 6.31. The molecule has 204 valence electrons. The van der Waals surface area contributed by atoms with Gasteiger partial charge in [-0.15, -0.1) is 0 Å². The number of nitrogens with one attached hydrogen (secondary N) is 2. The van der Waals surface area contributed by atoms with Crippen LogP contribution in [-0.2, 0) is 4.79 Å². The van der Waals surface area contributed by atoms with Gasteiger partial charge in [0.25, 0.3) is 11.6 Å². The number of amides is 2. The molecule has 0 spiro atoms. The van der Waals surface area contributed by atoms with Crippen LogP contribution in [0.5, 0.6) is 0 Å². The van der Waals surface area contributed by atoms with Gasteiger partial charge in [-0.25, -0.2) is 0 Å². The molecule has 0 heterocycles. The van der Waals surface area contributed by atoms with Crippen LogP contribution in [0.1, 0.15) is 40.2 Å². The summed E-state index contributed by atoms with van der Waals surface area (Å²) in [6.07, 6.45) is -7.22. The summed E-state index contributed by atoms with van der Waals surface area (Å²) in [6, 6.07) is 6.68. The predicted molar refractivity (Wildman–Crippen MR) is 129 cm³/mol. The minimum absolute atomic E-state index is 0.00209. The average Bonchev–Trinajstić information content (AvgIpc) is 3.57. The number of allylic oxidation sites excluding steroid dienone is 1. The Bertz CT molecular complexity index is 1290. The maximum Gasteiger partial charge on any atom is 0.405 e. The van der Waals surface area contributed by atoms with E-state index in [0.29, 0.717) is 0 Å². The number of hydrogen-bond acceptors (Lipinski definition) is 4. The second-order valence-electron chi connectivity index (χ2n) is 8.42. The van der Waals surface area contributed by atoms with Crippen LogP contribution in [0.3, 0.4) is 0 Å². The van der Waals surface area contributed by atoms with E-state index in [0.717, 1.165) is 30.4 Å². The zero-order chi connectivity index (χ0) is 28.5. The van der Waals surface area contributed by atoms with E-state index >= 15 is 0 Å². The average molecular weight is 629 g/mol. The van der Waals surface area contributed by atoms with Crippen molar-refractivity contribution in [3.63, 3.8) is 0 Å². The standard InChI is InChI=1S/C23H17BrClF6N3O4/c24-16-9-12(2-5-15(23(29,30)31)13-3-6-17(25)18(10-13)34(37)38)1-4-14(16)19(35)33-21(7-8-21)20(36)32-11-22(26,27)28/h1-6,9-10,15H,7-8,11H2,(H,32,36)(H,33,35)/b5-2+. The number of hydrogen-bond donors (Lipinski definition) is 2. The molecule has 0 aromatic heterocycles. The van der Waals surface area contributed by atoms with Crippen molar-refractivity contribution in [2.24, 2.45) is 0 Å². The molecule has 1 fully saturated rings. The molecule has 1 aliphatic rings. The van der Waals surface area contributed by atoms with Gasteiger partial charge in [-0.1, -0.05) is 35.9 Å².